The van der Waals surface area contributed by atoms with E-state index in [4.69, 9.17) is 11.6 Å². The quantitative estimate of drug-likeness (QED) is 0.846. The summed E-state index contributed by atoms with van der Waals surface area (Å²) in [5, 5.41) is 3.38. The molecule has 3 nitrogen and oxygen atoms in total. The summed E-state index contributed by atoms with van der Waals surface area (Å²) in [4.78, 5) is 16.4. The Kier molecular flexibility index (Phi) is 3.59. The Hall–Kier alpha value is -2.39. The summed E-state index contributed by atoms with van der Waals surface area (Å²) in [6.45, 7) is 2.01. The third-order valence-corrected chi connectivity index (χ3v) is 3.38. The molecule has 0 atom stereocenters. The predicted molar refractivity (Wildman–Crippen MR) is 85.3 cm³/mol. The molecule has 1 amide bonds. The molecule has 1 N–H and O–H groups in total. The van der Waals surface area contributed by atoms with Gasteiger partial charge in [-0.25, -0.2) is 4.99 Å². The number of amidine groups is 1. The van der Waals surface area contributed by atoms with Crippen molar-refractivity contribution in [3.8, 4) is 0 Å². The molecule has 0 fully saturated rings. The molecule has 0 aromatic heterocycles. The highest BCUT2D eigenvalue weighted by Crippen LogP contribution is 2.17. The van der Waals surface area contributed by atoms with E-state index in [0.717, 1.165) is 16.7 Å². The average Bonchev–Trinajstić information content (AvgIpc) is 2.80. The van der Waals surface area contributed by atoms with Gasteiger partial charge in [0.1, 0.15) is 11.5 Å². The first-order valence-electron chi connectivity index (χ1n) is 6.56. The van der Waals surface area contributed by atoms with Crippen molar-refractivity contribution in [2.45, 2.75) is 6.92 Å². The normalized spacial score (nSPS) is 16.0. The lowest BCUT2D eigenvalue weighted by atomic mass is 10.1. The van der Waals surface area contributed by atoms with Gasteiger partial charge in [0, 0.05) is 10.6 Å². The first kappa shape index (κ1) is 13.6. The van der Waals surface area contributed by atoms with Crippen LogP contribution >= 0.6 is 11.6 Å². The lowest BCUT2D eigenvalue weighted by Crippen LogP contribution is -2.24. The number of rotatable bonds is 2. The van der Waals surface area contributed by atoms with E-state index in [2.05, 4.69) is 10.3 Å². The minimum atomic E-state index is -0.202. The molecular formula is C17H13ClN2O. The van der Waals surface area contributed by atoms with E-state index in [-0.39, 0.29) is 5.91 Å². The van der Waals surface area contributed by atoms with Gasteiger partial charge in [-0.2, -0.15) is 0 Å². The zero-order valence-corrected chi connectivity index (χ0v) is 12.2. The van der Waals surface area contributed by atoms with Crippen molar-refractivity contribution >= 4 is 29.4 Å². The molecule has 4 heteroatoms. The fourth-order valence-corrected chi connectivity index (χ4v) is 2.35. The molecule has 1 aliphatic heterocycles. The highest BCUT2D eigenvalue weighted by Gasteiger charge is 2.21. The fraction of sp³-hybridized carbons (Fsp3) is 0.0588. The smallest absolute Gasteiger partial charge is 0.275 e. The third kappa shape index (κ3) is 3.03. The molecule has 0 bridgehead atoms. The standard InChI is InChI=1S/C17H13ClN2O/c1-11-4-2-5-12(8-11)9-15-17(21)20-16(19-15)13-6-3-7-14(18)10-13/h2-10H,1H3,(H,19,20,21)/b15-9+. The molecule has 0 saturated heterocycles. The van der Waals surface area contributed by atoms with Crippen LogP contribution in [0.3, 0.4) is 0 Å². The number of aliphatic imine (C=N–C) groups is 1. The number of hydrogen-bond donors (Lipinski definition) is 1. The Morgan fingerprint density at radius 1 is 1.14 bits per heavy atom. The fourth-order valence-electron chi connectivity index (χ4n) is 2.16. The summed E-state index contributed by atoms with van der Waals surface area (Å²) in [7, 11) is 0. The Morgan fingerprint density at radius 3 is 2.71 bits per heavy atom. The molecule has 0 aliphatic carbocycles. The molecular weight excluding hydrogens is 284 g/mol. The summed E-state index contributed by atoms with van der Waals surface area (Å²) < 4.78 is 0. The second kappa shape index (κ2) is 5.54. The Balaban J connectivity index is 1.95. The zero-order chi connectivity index (χ0) is 14.8. The number of carbonyl (C=O) groups is 1. The van der Waals surface area contributed by atoms with E-state index in [1.807, 2.05) is 43.3 Å². The number of hydrogen-bond acceptors (Lipinski definition) is 2. The van der Waals surface area contributed by atoms with Gasteiger partial charge in [-0.1, -0.05) is 53.6 Å². The topological polar surface area (TPSA) is 41.5 Å². The van der Waals surface area contributed by atoms with Crippen molar-refractivity contribution in [2.75, 3.05) is 0 Å². The summed E-state index contributed by atoms with van der Waals surface area (Å²) in [6.07, 6.45) is 1.78. The van der Waals surface area contributed by atoms with Crippen LogP contribution in [-0.4, -0.2) is 11.7 Å². The molecule has 0 spiro atoms. The van der Waals surface area contributed by atoms with E-state index in [1.165, 1.54) is 0 Å². The molecule has 0 radical (unpaired) electrons. The second-order valence-corrected chi connectivity index (χ2v) is 5.31. The first-order valence-corrected chi connectivity index (χ1v) is 6.94. The highest BCUT2D eigenvalue weighted by atomic mass is 35.5. The van der Waals surface area contributed by atoms with Crippen LogP contribution in [0.5, 0.6) is 0 Å². The van der Waals surface area contributed by atoms with Crippen molar-refractivity contribution in [3.63, 3.8) is 0 Å². The number of benzene rings is 2. The van der Waals surface area contributed by atoms with E-state index >= 15 is 0 Å². The summed E-state index contributed by atoms with van der Waals surface area (Å²) >= 11 is 5.96. The van der Waals surface area contributed by atoms with E-state index in [0.29, 0.717) is 16.6 Å². The summed E-state index contributed by atoms with van der Waals surface area (Å²) in [5.41, 5.74) is 3.29. The molecule has 1 heterocycles. The number of nitrogens with one attached hydrogen (secondary N) is 1. The van der Waals surface area contributed by atoms with Gasteiger partial charge >= 0.3 is 0 Å². The monoisotopic (exact) mass is 296 g/mol. The number of nitrogens with zero attached hydrogens (tertiary/aromatic N) is 1. The van der Waals surface area contributed by atoms with Crippen molar-refractivity contribution in [2.24, 2.45) is 4.99 Å². The molecule has 2 aromatic carbocycles. The minimum Gasteiger partial charge on any atom is -0.305 e. The van der Waals surface area contributed by atoms with Gasteiger partial charge in [0.2, 0.25) is 0 Å². The molecule has 3 rings (SSSR count). The Morgan fingerprint density at radius 2 is 1.95 bits per heavy atom. The van der Waals surface area contributed by atoms with Gasteiger partial charge in [0.15, 0.2) is 0 Å². The van der Waals surface area contributed by atoms with Gasteiger partial charge in [0.25, 0.3) is 5.91 Å². The van der Waals surface area contributed by atoms with Crippen molar-refractivity contribution < 1.29 is 4.79 Å². The van der Waals surface area contributed by atoms with E-state index in [1.54, 1.807) is 18.2 Å². The SMILES string of the molecule is Cc1cccc(/C=C2/N=C(c3cccc(Cl)c3)NC2=O)c1. The van der Waals surface area contributed by atoms with Crippen LogP contribution in [-0.2, 0) is 4.79 Å². The van der Waals surface area contributed by atoms with Crippen LogP contribution in [0.4, 0.5) is 0 Å². The number of halogens is 1. The van der Waals surface area contributed by atoms with Gasteiger partial charge < -0.3 is 5.32 Å². The average molecular weight is 297 g/mol. The molecule has 2 aromatic rings. The maximum atomic E-state index is 12.0. The summed E-state index contributed by atoms with van der Waals surface area (Å²) in [5.74, 6) is 0.327. The number of aryl methyl sites for hydroxylation is 1. The Labute approximate surface area is 128 Å². The maximum absolute atomic E-state index is 12.0. The summed E-state index contributed by atoms with van der Waals surface area (Å²) in [6, 6.07) is 15.2. The van der Waals surface area contributed by atoms with Crippen LogP contribution in [0.1, 0.15) is 16.7 Å². The van der Waals surface area contributed by atoms with Crippen molar-refractivity contribution in [1.29, 1.82) is 0 Å². The number of amides is 1. The molecule has 104 valence electrons. The van der Waals surface area contributed by atoms with Gasteiger partial charge in [-0.3, -0.25) is 4.79 Å². The van der Waals surface area contributed by atoms with E-state index in [9.17, 15) is 4.79 Å². The van der Waals surface area contributed by atoms with Crippen molar-refractivity contribution in [3.05, 3.63) is 75.9 Å². The highest BCUT2D eigenvalue weighted by molar-refractivity contribution is 6.31. The van der Waals surface area contributed by atoms with Gasteiger partial charge in [-0.15, -0.1) is 0 Å². The maximum Gasteiger partial charge on any atom is 0.275 e. The Bertz CT molecular complexity index is 778. The van der Waals surface area contributed by atoms with Gasteiger partial charge in [-0.05, 0) is 30.7 Å². The van der Waals surface area contributed by atoms with Crippen LogP contribution in [0, 0.1) is 6.92 Å². The predicted octanol–water partition coefficient (Wildman–Crippen LogP) is 3.57. The first-order chi connectivity index (χ1) is 10.1. The lowest BCUT2D eigenvalue weighted by Gasteiger charge is -2.00. The largest absolute Gasteiger partial charge is 0.305 e. The van der Waals surface area contributed by atoms with Crippen LogP contribution in [0.2, 0.25) is 5.02 Å². The van der Waals surface area contributed by atoms with E-state index < -0.39 is 0 Å². The molecule has 0 unspecified atom stereocenters. The van der Waals surface area contributed by atoms with Crippen LogP contribution < -0.4 is 5.32 Å². The molecule has 21 heavy (non-hydrogen) atoms. The third-order valence-electron chi connectivity index (χ3n) is 3.14. The van der Waals surface area contributed by atoms with Crippen LogP contribution in [0.15, 0.2) is 59.2 Å². The lowest BCUT2D eigenvalue weighted by molar-refractivity contribution is -0.115. The van der Waals surface area contributed by atoms with Crippen molar-refractivity contribution in [1.82, 2.24) is 5.32 Å². The molecule has 0 saturated carbocycles. The van der Waals surface area contributed by atoms with Gasteiger partial charge in [0.05, 0.1) is 0 Å². The molecule has 1 aliphatic rings. The zero-order valence-electron chi connectivity index (χ0n) is 11.4. The van der Waals surface area contributed by atoms with Crippen LogP contribution in [0.25, 0.3) is 6.08 Å². The number of carbonyl (C=O) groups excluding carboxylic acids is 1. The second-order valence-electron chi connectivity index (χ2n) is 4.87. The minimum absolute atomic E-state index is 0.202.